The molecule has 1 N–H and O–H groups in total. The molecule has 0 bridgehead atoms. The molecule has 122 valence electrons. The molecule has 1 aliphatic carbocycles. The third-order valence-electron chi connectivity index (χ3n) is 4.34. The lowest BCUT2D eigenvalue weighted by Gasteiger charge is -2.21. The number of halogens is 4. The van der Waals surface area contributed by atoms with Gasteiger partial charge in [0.15, 0.2) is 0 Å². The summed E-state index contributed by atoms with van der Waals surface area (Å²) in [4.78, 5) is 4.04. The summed E-state index contributed by atoms with van der Waals surface area (Å²) in [6, 6.07) is 2.85. The number of aromatic nitrogens is 1. The third kappa shape index (κ3) is 2.61. The zero-order chi connectivity index (χ0) is 17.0. The van der Waals surface area contributed by atoms with Crippen LogP contribution < -0.4 is 0 Å². The van der Waals surface area contributed by atoms with E-state index in [1.165, 1.54) is 12.3 Å². The van der Waals surface area contributed by atoms with Gasteiger partial charge in [-0.3, -0.25) is 4.98 Å². The van der Waals surface area contributed by atoms with Crippen LogP contribution in [0.5, 0.6) is 0 Å². The van der Waals surface area contributed by atoms with Crippen LogP contribution in [0.1, 0.15) is 36.6 Å². The second-order valence-corrected chi connectivity index (χ2v) is 6.52. The van der Waals surface area contributed by atoms with Crippen molar-refractivity contribution in [1.29, 1.82) is 0 Å². The first-order valence-corrected chi connectivity index (χ1v) is 7.13. The molecule has 1 aromatic heterocycles. The molecular weight excluding hydrogens is 310 g/mol. The number of nitrogens with zero attached hydrogens (tertiary/aromatic N) is 1. The van der Waals surface area contributed by atoms with Gasteiger partial charge in [0.25, 0.3) is 0 Å². The van der Waals surface area contributed by atoms with Gasteiger partial charge >= 0.3 is 6.18 Å². The summed E-state index contributed by atoms with van der Waals surface area (Å²) in [5.41, 5.74) is 0.640. The van der Waals surface area contributed by atoms with Crippen molar-refractivity contribution in [3.63, 3.8) is 0 Å². The summed E-state index contributed by atoms with van der Waals surface area (Å²) in [7, 11) is 0. The quantitative estimate of drug-likeness (QED) is 0.782. The lowest BCUT2D eigenvalue weighted by molar-refractivity contribution is -0.139. The van der Waals surface area contributed by atoms with Crippen LogP contribution in [0.4, 0.5) is 17.6 Å². The SMILES string of the molecule is CC1(C)Cc2c(-c3ccc(C(F)(F)F)c(F)c3)cncc2[C@@H]1O. The smallest absolute Gasteiger partial charge is 0.388 e. The van der Waals surface area contributed by atoms with Crippen molar-refractivity contribution in [1.82, 2.24) is 4.98 Å². The molecule has 2 nitrogen and oxygen atoms in total. The average molecular weight is 325 g/mol. The van der Waals surface area contributed by atoms with Gasteiger partial charge in [0, 0.05) is 23.5 Å². The lowest BCUT2D eigenvalue weighted by atomic mass is 9.87. The zero-order valence-electron chi connectivity index (χ0n) is 12.6. The van der Waals surface area contributed by atoms with Gasteiger partial charge in [-0.2, -0.15) is 13.2 Å². The highest BCUT2D eigenvalue weighted by molar-refractivity contribution is 5.69. The summed E-state index contributed by atoms with van der Waals surface area (Å²) in [6.45, 7) is 3.80. The summed E-state index contributed by atoms with van der Waals surface area (Å²) in [6.07, 6.45) is -1.83. The van der Waals surface area contributed by atoms with Gasteiger partial charge in [0.1, 0.15) is 5.82 Å². The molecular formula is C17H15F4NO. The summed E-state index contributed by atoms with van der Waals surface area (Å²) in [5.74, 6) is -1.31. The van der Waals surface area contributed by atoms with E-state index in [0.717, 1.165) is 17.7 Å². The van der Waals surface area contributed by atoms with Crippen LogP contribution in [-0.2, 0) is 12.6 Å². The van der Waals surface area contributed by atoms with Crippen molar-refractivity contribution in [2.45, 2.75) is 32.5 Å². The number of aliphatic hydroxyl groups is 1. The minimum atomic E-state index is -4.72. The minimum absolute atomic E-state index is 0.324. The Morgan fingerprint density at radius 3 is 2.52 bits per heavy atom. The minimum Gasteiger partial charge on any atom is -0.388 e. The molecule has 1 aliphatic rings. The van der Waals surface area contributed by atoms with Crippen molar-refractivity contribution in [2.75, 3.05) is 0 Å². The third-order valence-corrected chi connectivity index (χ3v) is 4.34. The topological polar surface area (TPSA) is 33.1 Å². The first-order valence-electron chi connectivity index (χ1n) is 7.13. The van der Waals surface area contributed by atoms with Crippen molar-refractivity contribution in [2.24, 2.45) is 5.41 Å². The van der Waals surface area contributed by atoms with Gasteiger partial charge in [0.05, 0.1) is 11.7 Å². The highest BCUT2D eigenvalue weighted by Gasteiger charge is 2.39. The van der Waals surface area contributed by atoms with Crippen LogP contribution in [0.3, 0.4) is 0 Å². The Morgan fingerprint density at radius 2 is 1.91 bits per heavy atom. The molecule has 23 heavy (non-hydrogen) atoms. The van der Waals surface area contributed by atoms with E-state index in [4.69, 9.17) is 0 Å². The zero-order valence-corrected chi connectivity index (χ0v) is 12.6. The fraction of sp³-hybridized carbons (Fsp3) is 0.353. The van der Waals surface area contributed by atoms with Crippen molar-refractivity contribution >= 4 is 0 Å². The molecule has 1 atom stereocenters. The number of benzene rings is 1. The molecule has 0 saturated carbocycles. The summed E-state index contributed by atoms with van der Waals surface area (Å²) >= 11 is 0. The summed E-state index contributed by atoms with van der Waals surface area (Å²) in [5, 5.41) is 10.3. The van der Waals surface area contributed by atoms with Gasteiger partial charge in [-0.15, -0.1) is 0 Å². The Kier molecular flexibility index (Phi) is 3.48. The highest BCUT2D eigenvalue weighted by atomic mass is 19.4. The van der Waals surface area contributed by atoms with Gasteiger partial charge in [-0.25, -0.2) is 4.39 Å². The summed E-state index contributed by atoms with van der Waals surface area (Å²) < 4.78 is 51.8. The van der Waals surface area contributed by atoms with E-state index in [0.29, 0.717) is 23.1 Å². The maximum absolute atomic E-state index is 13.8. The number of alkyl halides is 3. The number of rotatable bonds is 1. The Morgan fingerprint density at radius 1 is 1.22 bits per heavy atom. The molecule has 0 fully saturated rings. The van der Waals surface area contributed by atoms with Gasteiger partial charge in [-0.05, 0) is 35.1 Å². The van der Waals surface area contributed by atoms with Gasteiger partial charge in [0.2, 0.25) is 0 Å². The molecule has 0 saturated heterocycles. The van der Waals surface area contributed by atoms with Gasteiger partial charge in [-0.1, -0.05) is 19.9 Å². The van der Waals surface area contributed by atoms with E-state index in [9.17, 15) is 22.7 Å². The van der Waals surface area contributed by atoms with E-state index in [1.807, 2.05) is 13.8 Å². The molecule has 2 aromatic rings. The second kappa shape index (κ2) is 5.03. The monoisotopic (exact) mass is 325 g/mol. The van der Waals surface area contributed by atoms with Crippen molar-refractivity contribution in [3.05, 3.63) is 53.1 Å². The number of hydrogen-bond donors (Lipinski definition) is 1. The lowest BCUT2D eigenvalue weighted by Crippen LogP contribution is -2.16. The first-order chi connectivity index (χ1) is 10.6. The molecule has 1 heterocycles. The standard InChI is InChI=1S/C17H15F4NO/c1-16(2)6-10-11(7-22-8-12(10)15(16)23)9-3-4-13(14(18)5-9)17(19,20)21/h3-5,7-8,15,23H,6H2,1-2H3/t15-/m0/s1. The van der Waals surface area contributed by atoms with Crippen LogP contribution in [0.15, 0.2) is 30.6 Å². The molecule has 6 heteroatoms. The average Bonchev–Trinajstić information content (AvgIpc) is 2.67. The molecule has 1 aromatic carbocycles. The van der Waals surface area contributed by atoms with Crippen LogP contribution in [-0.4, -0.2) is 10.1 Å². The van der Waals surface area contributed by atoms with Crippen molar-refractivity contribution < 1.29 is 22.7 Å². The van der Waals surface area contributed by atoms with Gasteiger partial charge < -0.3 is 5.11 Å². The second-order valence-electron chi connectivity index (χ2n) is 6.52. The Balaban J connectivity index is 2.11. The molecule has 0 aliphatic heterocycles. The number of hydrogen-bond acceptors (Lipinski definition) is 2. The predicted octanol–water partition coefficient (Wildman–Crippen LogP) is 4.52. The maximum atomic E-state index is 13.8. The Labute approximate surface area is 130 Å². The molecule has 0 amide bonds. The first kappa shape index (κ1) is 15.9. The molecule has 0 unspecified atom stereocenters. The van der Waals surface area contributed by atoms with E-state index in [-0.39, 0.29) is 0 Å². The van der Waals surface area contributed by atoms with E-state index < -0.39 is 29.1 Å². The predicted molar refractivity (Wildman–Crippen MR) is 77.1 cm³/mol. The normalized spacial score (nSPS) is 19.7. The molecule has 0 spiro atoms. The molecule has 3 rings (SSSR count). The largest absolute Gasteiger partial charge is 0.419 e. The highest BCUT2D eigenvalue weighted by Crippen LogP contribution is 2.47. The van der Waals surface area contributed by atoms with Crippen molar-refractivity contribution in [3.8, 4) is 11.1 Å². The van der Waals surface area contributed by atoms with Crippen LogP contribution in [0, 0.1) is 11.2 Å². The van der Waals surface area contributed by atoms with E-state index in [2.05, 4.69) is 4.98 Å². The van der Waals surface area contributed by atoms with Crippen LogP contribution >= 0.6 is 0 Å². The van der Waals surface area contributed by atoms with Crippen LogP contribution in [0.2, 0.25) is 0 Å². The fourth-order valence-corrected chi connectivity index (χ4v) is 3.07. The van der Waals surface area contributed by atoms with E-state index in [1.54, 1.807) is 6.20 Å². The number of pyridine rings is 1. The van der Waals surface area contributed by atoms with Crippen LogP contribution in [0.25, 0.3) is 11.1 Å². The number of aliphatic hydroxyl groups excluding tert-OH is 1. The number of fused-ring (bicyclic) bond motifs is 1. The fourth-order valence-electron chi connectivity index (χ4n) is 3.07. The molecule has 0 radical (unpaired) electrons. The Hall–Kier alpha value is -1.95. The maximum Gasteiger partial charge on any atom is 0.419 e. The Bertz CT molecular complexity index is 768. The van der Waals surface area contributed by atoms with E-state index >= 15 is 0 Å².